The van der Waals surface area contributed by atoms with Crippen molar-refractivity contribution in [2.24, 2.45) is 0 Å². The van der Waals surface area contributed by atoms with Crippen LogP contribution in [-0.2, 0) is 0 Å². The second-order valence-electron chi connectivity index (χ2n) is 4.01. The third kappa shape index (κ3) is 5.79. The van der Waals surface area contributed by atoms with Crippen LogP contribution in [0.15, 0.2) is 23.4 Å². The minimum atomic E-state index is -4.50. The van der Waals surface area contributed by atoms with Crippen molar-refractivity contribution in [3.05, 3.63) is 23.9 Å². The number of aliphatic hydroxyl groups is 1. The van der Waals surface area contributed by atoms with Crippen LogP contribution in [0.25, 0.3) is 0 Å². The Morgan fingerprint density at radius 1 is 1.55 bits per heavy atom. The molecule has 0 radical (unpaired) electrons. The summed E-state index contributed by atoms with van der Waals surface area (Å²) in [6.45, 7) is 1.99. The summed E-state index contributed by atoms with van der Waals surface area (Å²) in [4.78, 5) is 15.4. The van der Waals surface area contributed by atoms with E-state index in [0.717, 1.165) is 0 Å². The molecule has 0 saturated carbocycles. The number of amides is 1. The first-order valence-corrected chi connectivity index (χ1v) is 6.82. The van der Waals surface area contributed by atoms with Gasteiger partial charge in [0.2, 0.25) is 0 Å². The van der Waals surface area contributed by atoms with Crippen molar-refractivity contribution in [3.8, 4) is 0 Å². The Morgan fingerprint density at radius 3 is 2.85 bits per heavy atom. The number of nitrogens with one attached hydrogen (secondary N) is 1. The summed E-state index contributed by atoms with van der Waals surface area (Å²) in [5, 5.41) is 11.4. The van der Waals surface area contributed by atoms with E-state index in [0.29, 0.717) is 12.8 Å². The summed E-state index contributed by atoms with van der Waals surface area (Å²) in [5.74, 6) is -0.631. The molecule has 1 aromatic heterocycles. The first kappa shape index (κ1) is 16.8. The topological polar surface area (TPSA) is 62.2 Å². The van der Waals surface area contributed by atoms with Crippen LogP contribution in [0, 0.1) is 0 Å². The number of nitrogens with zero attached hydrogens (tertiary/aromatic N) is 1. The number of thioether (sulfide) groups is 1. The highest BCUT2D eigenvalue weighted by Gasteiger charge is 2.32. The van der Waals surface area contributed by atoms with Gasteiger partial charge in [-0.2, -0.15) is 13.2 Å². The van der Waals surface area contributed by atoms with Gasteiger partial charge in [0.05, 0.1) is 11.7 Å². The van der Waals surface area contributed by atoms with Crippen molar-refractivity contribution in [1.82, 2.24) is 10.3 Å². The molecule has 1 atom stereocenters. The molecule has 2 N–H and O–H groups in total. The van der Waals surface area contributed by atoms with Gasteiger partial charge in [-0.25, -0.2) is 4.98 Å². The fraction of sp³-hybridized carbons (Fsp3) is 0.500. The zero-order valence-electron chi connectivity index (χ0n) is 10.8. The molecular formula is C12H15F3N2O2S. The summed E-state index contributed by atoms with van der Waals surface area (Å²) < 4.78 is 37.0. The van der Waals surface area contributed by atoms with Crippen LogP contribution in [-0.4, -0.2) is 34.2 Å². The van der Waals surface area contributed by atoms with Crippen molar-refractivity contribution in [2.75, 3.05) is 6.54 Å². The van der Waals surface area contributed by atoms with Crippen molar-refractivity contribution >= 4 is 17.7 Å². The molecule has 8 heteroatoms. The largest absolute Gasteiger partial charge is 0.447 e. The molecule has 0 aliphatic heterocycles. The summed E-state index contributed by atoms with van der Waals surface area (Å²) in [5.41, 5.74) is -4.62. The SMILES string of the molecule is CCC(O)CCNC(=O)c1cccnc1SC(F)(F)F. The Labute approximate surface area is 118 Å². The predicted molar refractivity (Wildman–Crippen MR) is 69.4 cm³/mol. The van der Waals surface area contributed by atoms with E-state index in [1.807, 2.05) is 0 Å². The molecule has 0 bridgehead atoms. The molecule has 0 aliphatic rings. The smallest absolute Gasteiger partial charge is 0.393 e. The number of pyridine rings is 1. The minimum absolute atomic E-state index is 0.124. The maximum Gasteiger partial charge on any atom is 0.447 e. The number of aromatic nitrogens is 1. The zero-order valence-corrected chi connectivity index (χ0v) is 11.6. The van der Waals surface area contributed by atoms with E-state index in [4.69, 9.17) is 0 Å². The van der Waals surface area contributed by atoms with Crippen molar-refractivity contribution < 1.29 is 23.1 Å². The molecule has 0 fully saturated rings. The Balaban J connectivity index is 2.68. The Morgan fingerprint density at radius 2 is 2.25 bits per heavy atom. The van der Waals surface area contributed by atoms with Crippen molar-refractivity contribution in [2.45, 2.75) is 36.4 Å². The lowest BCUT2D eigenvalue weighted by molar-refractivity contribution is -0.0329. The number of rotatable bonds is 6. The first-order valence-electron chi connectivity index (χ1n) is 6.00. The van der Waals surface area contributed by atoms with Crippen molar-refractivity contribution in [3.63, 3.8) is 0 Å². The fourth-order valence-corrected chi connectivity index (χ4v) is 2.01. The number of alkyl halides is 3. The molecule has 0 aliphatic carbocycles. The van der Waals surface area contributed by atoms with Gasteiger partial charge in [-0.1, -0.05) is 6.92 Å². The minimum Gasteiger partial charge on any atom is -0.393 e. The number of carbonyl (C=O) groups is 1. The average Bonchev–Trinajstić information content (AvgIpc) is 2.37. The molecular weight excluding hydrogens is 293 g/mol. The molecule has 1 heterocycles. The molecule has 4 nitrogen and oxygen atoms in total. The third-order valence-corrected chi connectivity index (χ3v) is 3.21. The van der Waals surface area contributed by atoms with Crippen molar-refractivity contribution in [1.29, 1.82) is 0 Å². The quantitative estimate of drug-likeness (QED) is 0.793. The maximum atomic E-state index is 12.3. The number of hydrogen-bond acceptors (Lipinski definition) is 4. The van der Waals surface area contributed by atoms with Gasteiger partial charge < -0.3 is 10.4 Å². The molecule has 112 valence electrons. The van der Waals surface area contributed by atoms with Crippen LogP contribution in [0.5, 0.6) is 0 Å². The lowest BCUT2D eigenvalue weighted by Gasteiger charge is -2.11. The van der Waals surface area contributed by atoms with E-state index in [2.05, 4.69) is 10.3 Å². The number of halogens is 3. The molecule has 1 rings (SSSR count). The Bertz CT molecular complexity index is 455. The second-order valence-corrected chi connectivity index (χ2v) is 5.06. The third-order valence-electron chi connectivity index (χ3n) is 2.46. The summed E-state index contributed by atoms with van der Waals surface area (Å²) in [6.07, 6.45) is 1.57. The van der Waals surface area contributed by atoms with Gasteiger partial charge in [0.1, 0.15) is 5.03 Å². The summed E-state index contributed by atoms with van der Waals surface area (Å²) >= 11 is -0.421. The van der Waals surface area contributed by atoms with Crippen LogP contribution in [0.2, 0.25) is 0 Å². The van der Waals surface area contributed by atoms with E-state index in [1.165, 1.54) is 18.3 Å². The number of carbonyl (C=O) groups excluding carboxylic acids is 1. The van der Waals surface area contributed by atoms with Gasteiger partial charge in [0, 0.05) is 24.5 Å². The van der Waals surface area contributed by atoms with Crippen LogP contribution in [0.1, 0.15) is 30.1 Å². The highest BCUT2D eigenvalue weighted by atomic mass is 32.2. The molecule has 0 saturated heterocycles. The predicted octanol–water partition coefficient (Wildman–Crippen LogP) is 2.58. The Hall–Kier alpha value is -1.28. The normalized spacial score (nSPS) is 13.1. The molecule has 0 spiro atoms. The molecule has 1 unspecified atom stereocenters. The van der Waals surface area contributed by atoms with E-state index in [1.54, 1.807) is 6.92 Å². The van der Waals surface area contributed by atoms with Crippen LogP contribution in [0.3, 0.4) is 0 Å². The molecule has 20 heavy (non-hydrogen) atoms. The van der Waals surface area contributed by atoms with Crippen LogP contribution < -0.4 is 5.32 Å². The molecule has 0 aromatic carbocycles. The lowest BCUT2D eigenvalue weighted by Crippen LogP contribution is -2.27. The van der Waals surface area contributed by atoms with E-state index < -0.39 is 29.3 Å². The standard InChI is InChI=1S/C12H15F3N2O2S/c1-2-8(18)5-7-16-10(19)9-4-3-6-17-11(9)20-12(13,14)15/h3-4,6,8,18H,2,5,7H2,1H3,(H,16,19). The highest BCUT2D eigenvalue weighted by Crippen LogP contribution is 2.37. The van der Waals surface area contributed by atoms with E-state index >= 15 is 0 Å². The molecule has 1 aromatic rings. The van der Waals surface area contributed by atoms with E-state index in [9.17, 15) is 23.1 Å². The van der Waals surface area contributed by atoms with E-state index in [-0.39, 0.29) is 17.1 Å². The molecule has 1 amide bonds. The number of hydrogen-bond donors (Lipinski definition) is 2. The maximum absolute atomic E-state index is 12.3. The van der Waals surface area contributed by atoms with Crippen LogP contribution in [0.4, 0.5) is 13.2 Å². The first-order chi connectivity index (χ1) is 9.33. The lowest BCUT2D eigenvalue weighted by atomic mass is 10.2. The zero-order chi connectivity index (χ0) is 15.2. The van der Waals surface area contributed by atoms with Gasteiger partial charge in [-0.3, -0.25) is 4.79 Å². The van der Waals surface area contributed by atoms with Gasteiger partial charge >= 0.3 is 5.51 Å². The monoisotopic (exact) mass is 308 g/mol. The highest BCUT2D eigenvalue weighted by molar-refractivity contribution is 8.00. The Kier molecular flexibility index (Phi) is 6.28. The van der Waals surface area contributed by atoms with Gasteiger partial charge in [0.25, 0.3) is 5.91 Å². The number of aliphatic hydroxyl groups excluding tert-OH is 1. The van der Waals surface area contributed by atoms with Gasteiger partial charge in [-0.15, -0.1) is 0 Å². The van der Waals surface area contributed by atoms with Gasteiger partial charge in [-0.05, 0) is 25.0 Å². The summed E-state index contributed by atoms with van der Waals surface area (Å²) in [6, 6.07) is 2.68. The summed E-state index contributed by atoms with van der Waals surface area (Å²) in [7, 11) is 0. The second kappa shape index (κ2) is 7.49. The fourth-order valence-electron chi connectivity index (χ4n) is 1.41. The van der Waals surface area contributed by atoms with Crippen LogP contribution >= 0.6 is 11.8 Å². The average molecular weight is 308 g/mol. The van der Waals surface area contributed by atoms with Gasteiger partial charge in [0.15, 0.2) is 0 Å².